The van der Waals surface area contributed by atoms with Crippen LogP contribution in [0, 0.1) is 0 Å². The summed E-state index contributed by atoms with van der Waals surface area (Å²) in [5, 5.41) is 4.65. The molecule has 20 heavy (non-hydrogen) atoms. The highest BCUT2D eigenvalue weighted by Gasteiger charge is 2.23. The van der Waals surface area contributed by atoms with E-state index in [0.717, 1.165) is 29.4 Å². The minimum absolute atomic E-state index is 0.0567. The van der Waals surface area contributed by atoms with E-state index >= 15 is 0 Å². The van der Waals surface area contributed by atoms with Gasteiger partial charge in [0, 0.05) is 18.0 Å². The molecule has 0 aromatic carbocycles. The van der Waals surface area contributed by atoms with Crippen molar-refractivity contribution in [2.75, 3.05) is 18.5 Å². The molecule has 0 aliphatic heterocycles. The number of hydrogen-bond acceptors (Lipinski definition) is 5. The van der Waals surface area contributed by atoms with Crippen molar-refractivity contribution >= 4 is 27.4 Å². The van der Waals surface area contributed by atoms with E-state index in [1.165, 1.54) is 28.7 Å². The fourth-order valence-electron chi connectivity index (χ4n) is 2.81. The van der Waals surface area contributed by atoms with Crippen molar-refractivity contribution in [3.63, 3.8) is 0 Å². The van der Waals surface area contributed by atoms with Crippen LogP contribution in [0.2, 0.25) is 0 Å². The first-order chi connectivity index (χ1) is 9.74. The van der Waals surface area contributed by atoms with Gasteiger partial charge in [0.2, 0.25) is 0 Å². The van der Waals surface area contributed by atoms with E-state index in [0.29, 0.717) is 6.61 Å². The molecule has 0 saturated heterocycles. The zero-order valence-corrected chi connectivity index (χ0v) is 13.1. The van der Waals surface area contributed by atoms with Gasteiger partial charge in [-0.15, -0.1) is 11.3 Å². The van der Waals surface area contributed by atoms with Crippen molar-refractivity contribution in [3.05, 3.63) is 16.3 Å². The van der Waals surface area contributed by atoms with Crippen molar-refractivity contribution in [1.82, 2.24) is 9.97 Å². The number of fused-ring (bicyclic) bond motifs is 3. The fourth-order valence-corrected chi connectivity index (χ4v) is 4.08. The Morgan fingerprint density at radius 2 is 2.15 bits per heavy atom. The van der Waals surface area contributed by atoms with Crippen LogP contribution in [-0.4, -0.2) is 23.1 Å². The number of rotatable bonds is 5. The van der Waals surface area contributed by atoms with Gasteiger partial charge in [0.15, 0.2) is 5.82 Å². The van der Waals surface area contributed by atoms with Gasteiger partial charge in [0.05, 0.1) is 5.39 Å². The Hall–Kier alpha value is -1.20. The average molecular weight is 291 g/mol. The van der Waals surface area contributed by atoms with Gasteiger partial charge >= 0.3 is 0 Å². The van der Waals surface area contributed by atoms with E-state index in [2.05, 4.69) is 12.2 Å². The first-order valence-electron chi connectivity index (χ1n) is 7.42. The second kappa shape index (κ2) is 5.66. The monoisotopic (exact) mass is 291 g/mol. The Morgan fingerprint density at radius 3 is 2.90 bits per heavy atom. The molecule has 108 valence electrons. The number of nitrogens with zero attached hydrogens (tertiary/aromatic N) is 2. The van der Waals surface area contributed by atoms with Gasteiger partial charge in [-0.1, -0.05) is 0 Å². The Kier molecular flexibility index (Phi) is 3.89. The number of ether oxygens (including phenoxy) is 1. The van der Waals surface area contributed by atoms with Gasteiger partial charge in [-0.25, -0.2) is 9.97 Å². The summed E-state index contributed by atoms with van der Waals surface area (Å²) < 4.78 is 5.64. The maximum absolute atomic E-state index is 5.64. The Morgan fingerprint density at radius 1 is 1.30 bits per heavy atom. The number of thiophene rings is 1. The highest BCUT2D eigenvalue weighted by atomic mass is 32.1. The first kappa shape index (κ1) is 13.8. The van der Waals surface area contributed by atoms with E-state index in [4.69, 9.17) is 14.7 Å². The lowest BCUT2D eigenvalue weighted by Gasteiger charge is -2.13. The predicted molar refractivity (Wildman–Crippen MR) is 83.6 cm³/mol. The molecule has 1 unspecified atom stereocenters. The molecule has 5 heteroatoms. The van der Waals surface area contributed by atoms with E-state index < -0.39 is 0 Å². The van der Waals surface area contributed by atoms with E-state index in [1.807, 2.05) is 25.2 Å². The quantitative estimate of drug-likeness (QED) is 0.912. The maximum Gasteiger partial charge on any atom is 0.160 e. The second-order valence-electron chi connectivity index (χ2n) is 5.10. The van der Waals surface area contributed by atoms with Gasteiger partial charge in [-0.2, -0.15) is 0 Å². The summed E-state index contributed by atoms with van der Waals surface area (Å²) in [6.45, 7) is 7.67. The van der Waals surface area contributed by atoms with Crippen LogP contribution in [0.5, 0.6) is 0 Å². The lowest BCUT2D eigenvalue weighted by molar-refractivity contribution is 0.0704. The van der Waals surface area contributed by atoms with Crippen LogP contribution in [0.1, 0.15) is 49.6 Å². The minimum Gasteiger partial charge on any atom is -0.371 e. The third-order valence-electron chi connectivity index (χ3n) is 3.71. The number of aromatic nitrogens is 2. The van der Waals surface area contributed by atoms with Crippen LogP contribution in [0.4, 0.5) is 5.82 Å². The fraction of sp³-hybridized carbons (Fsp3) is 0.600. The standard InChI is InChI=1S/C15H21N3OS/c1-4-16-14-12-10-7-6-8-11(10)20-15(12)18-13(17-14)9(3)19-5-2/h9H,4-8H2,1-3H3,(H,16,17,18). The zero-order chi connectivity index (χ0) is 14.1. The summed E-state index contributed by atoms with van der Waals surface area (Å²) in [6, 6.07) is 0. The average Bonchev–Trinajstić information content (AvgIpc) is 2.98. The van der Waals surface area contributed by atoms with Gasteiger partial charge in [0.25, 0.3) is 0 Å². The molecule has 1 aliphatic rings. The Bertz CT molecular complexity index is 623. The van der Waals surface area contributed by atoms with Gasteiger partial charge in [0.1, 0.15) is 16.8 Å². The van der Waals surface area contributed by atoms with Crippen LogP contribution in [0.3, 0.4) is 0 Å². The van der Waals surface area contributed by atoms with Gasteiger partial charge < -0.3 is 10.1 Å². The summed E-state index contributed by atoms with van der Waals surface area (Å²) >= 11 is 1.83. The van der Waals surface area contributed by atoms with Crippen molar-refractivity contribution in [2.24, 2.45) is 0 Å². The molecule has 4 nitrogen and oxygen atoms in total. The molecule has 0 fully saturated rings. The molecule has 2 heterocycles. The lowest BCUT2D eigenvalue weighted by atomic mass is 10.2. The van der Waals surface area contributed by atoms with Crippen LogP contribution >= 0.6 is 11.3 Å². The van der Waals surface area contributed by atoms with E-state index in [9.17, 15) is 0 Å². The lowest BCUT2D eigenvalue weighted by Crippen LogP contribution is -2.09. The van der Waals surface area contributed by atoms with Crippen LogP contribution < -0.4 is 5.32 Å². The van der Waals surface area contributed by atoms with Crippen molar-refractivity contribution in [2.45, 2.75) is 46.1 Å². The SMILES string of the molecule is CCNc1nc(C(C)OCC)nc2sc3c(c12)CCC3. The Balaban J connectivity index is 2.12. The Labute approximate surface area is 123 Å². The van der Waals surface area contributed by atoms with E-state index in [-0.39, 0.29) is 6.10 Å². The summed E-state index contributed by atoms with van der Waals surface area (Å²) in [7, 11) is 0. The molecule has 2 aromatic heterocycles. The molecule has 0 amide bonds. The molecule has 1 N–H and O–H groups in total. The number of anilines is 1. The van der Waals surface area contributed by atoms with Crippen LogP contribution in [0.15, 0.2) is 0 Å². The number of aryl methyl sites for hydroxylation is 2. The van der Waals surface area contributed by atoms with Crippen LogP contribution in [-0.2, 0) is 17.6 Å². The zero-order valence-electron chi connectivity index (χ0n) is 12.3. The molecule has 3 rings (SSSR count). The van der Waals surface area contributed by atoms with Crippen molar-refractivity contribution in [1.29, 1.82) is 0 Å². The van der Waals surface area contributed by atoms with Crippen molar-refractivity contribution in [3.8, 4) is 0 Å². The smallest absolute Gasteiger partial charge is 0.160 e. The summed E-state index contributed by atoms with van der Waals surface area (Å²) in [5.74, 6) is 1.77. The van der Waals surface area contributed by atoms with Gasteiger partial charge in [-0.3, -0.25) is 0 Å². The molecule has 0 saturated carbocycles. The van der Waals surface area contributed by atoms with Crippen LogP contribution in [0.25, 0.3) is 10.2 Å². The summed E-state index contributed by atoms with van der Waals surface area (Å²) in [5.41, 5.74) is 1.47. The maximum atomic E-state index is 5.64. The predicted octanol–water partition coefficient (Wildman–Crippen LogP) is 3.71. The molecule has 2 aromatic rings. The number of hydrogen-bond donors (Lipinski definition) is 1. The van der Waals surface area contributed by atoms with E-state index in [1.54, 1.807) is 0 Å². The third kappa shape index (κ3) is 2.29. The molecule has 0 bridgehead atoms. The molecule has 0 spiro atoms. The highest BCUT2D eigenvalue weighted by molar-refractivity contribution is 7.19. The normalized spacial score (nSPS) is 15.6. The summed E-state index contributed by atoms with van der Waals surface area (Å²) in [4.78, 5) is 12.1. The van der Waals surface area contributed by atoms with Gasteiger partial charge in [-0.05, 0) is 45.6 Å². The second-order valence-corrected chi connectivity index (χ2v) is 6.18. The molecule has 1 aliphatic carbocycles. The molecule has 0 radical (unpaired) electrons. The molecular formula is C15H21N3OS. The van der Waals surface area contributed by atoms with Crippen molar-refractivity contribution < 1.29 is 4.74 Å². The molecule has 1 atom stereocenters. The largest absolute Gasteiger partial charge is 0.371 e. The highest BCUT2D eigenvalue weighted by Crippen LogP contribution is 2.40. The number of nitrogens with one attached hydrogen (secondary N) is 1. The summed E-state index contributed by atoms with van der Waals surface area (Å²) in [6.07, 6.45) is 3.56. The molecular weight excluding hydrogens is 270 g/mol. The first-order valence-corrected chi connectivity index (χ1v) is 8.23. The minimum atomic E-state index is -0.0567. The third-order valence-corrected chi connectivity index (χ3v) is 4.89. The topological polar surface area (TPSA) is 47.0 Å².